The van der Waals surface area contributed by atoms with Gasteiger partial charge in [0.15, 0.2) is 0 Å². The van der Waals surface area contributed by atoms with Gasteiger partial charge in [0.25, 0.3) is 0 Å². The van der Waals surface area contributed by atoms with Crippen LogP contribution in [0.2, 0.25) is 0 Å². The van der Waals surface area contributed by atoms with Crippen LogP contribution in [0.4, 0.5) is 0 Å². The van der Waals surface area contributed by atoms with E-state index in [-0.39, 0.29) is 0 Å². The van der Waals surface area contributed by atoms with Crippen LogP contribution in [0.25, 0.3) is 0 Å². The molecule has 3 unspecified atom stereocenters. The van der Waals surface area contributed by atoms with E-state index in [1.165, 1.54) is 5.92 Å². The van der Waals surface area contributed by atoms with Crippen molar-refractivity contribution in [2.24, 2.45) is 17.3 Å². The maximum absolute atomic E-state index is 1.62. The first kappa shape index (κ1) is 7.41. The van der Waals surface area contributed by atoms with Crippen LogP contribution in [-0.4, -0.2) is 0 Å². The molecule has 0 aliphatic heterocycles. The monoisotopic (exact) mass is 164 g/mol. The van der Waals surface area contributed by atoms with Gasteiger partial charge in [-0.2, -0.15) is 0 Å². The number of hydrogen-bond donors (Lipinski definition) is 0. The summed E-state index contributed by atoms with van der Waals surface area (Å²) in [6, 6.07) is 0. The molecule has 4 aliphatic rings. The Morgan fingerprint density at radius 1 is 0.750 bits per heavy atom. The number of hydrogen-bond acceptors (Lipinski definition) is 0. The third-order valence-electron chi connectivity index (χ3n) is 4.98. The smallest absolute Gasteiger partial charge is 0.0295 e. The normalized spacial score (nSPS) is 52.0. The minimum atomic E-state index is 0.877. The molecule has 4 saturated carbocycles. The second-order valence-corrected chi connectivity index (χ2v) is 5.55. The molecule has 0 aromatic carbocycles. The topological polar surface area (TPSA) is 0 Å². The van der Waals surface area contributed by atoms with E-state index in [1.807, 2.05) is 0 Å². The molecule has 0 amide bonds. The molecule has 0 heteroatoms. The molecule has 3 atom stereocenters. The highest BCUT2D eigenvalue weighted by Gasteiger charge is 2.46. The van der Waals surface area contributed by atoms with Crippen molar-refractivity contribution in [2.75, 3.05) is 0 Å². The van der Waals surface area contributed by atoms with Crippen molar-refractivity contribution < 1.29 is 0 Å². The molecule has 0 radical (unpaired) electrons. The van der Waals surface area contributed by atoms with Crippen molar-refractivity contribution in [2.45, 2.75) is 57.8 Å². The Hall–Kier alpha value is 0. The van der Waals surface area contributed by atoms with E-state index in [0.29, 0.717) is 0 Å². The van der Waals surface area contributed by atoms with Crippen LogP contribution >= 0.6 is 0 Å². The number of rotatable bonds is 0. The maximum Gasteiger partial charge on any atom is -0.0295 e. The summed E-state index contributed by atoms with van der Waals surface area (Å²) in [5.74, 6) is 2.32. The molecule has 12 heavy (non-hydrogen) atoms. The van der Waals surface area contributed by atoms with Crippen LogP contribution in [0.5, 0.6) is 0 Å². The average molecular weight is 164 g/mol. The van der Waals surface area contributed by atoms with Gasteiger partial charge in [-0.25, -0.2) is 0 Å². The maximum atomic E-state index is 1.62. The lowest BCUT2D eigenvalue weighted by Gasteiger charge is -2.40. The molecular weight excluding hydrogens is 144 g/mol. The third-order valence-corrected chi connectivity index (χ3v) is 4.98. The first-order valence-corrected chi connectivity index (χ1v) is 5.88. The Morgan fingerprint density at radius 2 is 1.58 bits per heavy atom. The quantitative estimate of drug-likeness (QED) is 0.511. The lowest BCUT2D eigenvalue weighted by Crippen LogP contribution is -2.28. The zero-order valence-electron chi connectivity index (χ0n) is 8.02. The van der Waals surface area contributed by atoms with E-state index in [9.17, 15) is 0 Å². The van der Waals surface area contributed by atoms with Crippen molar-refractivity contribution in [3.05, 3.63) is 0 Å². The average Bonchev–Trinajstić information content (AvgIpc) is 2.39. The van der Waals surface area contributed by atoms with E-state index in [2.05, 4.69) is 0 Å². The second kappa shape index (κ2) is 2.49. The Balaban J connectivity index is 1.90. The fraction of sp³-hybridized carbons (Fsp3) is 1.00. The van der Waals surface area contributed by atoms with E-state index in [0.717, 1.165) is 11.3 Å². The molecule has 0 aromatic heterocycles. The Bertz CT molecular complexity index is 178. The van der Waals surface area contributed by atoms with Gasteiger partial charge >= 0.3 is 0 Å². The highest BCUT2D eigenvalue weighted by Crippen LogP contribution is 2.58. The van der Waals surface area contributed by atoms with E-state index >= 15 is 0 Å². The summed E-state index contributed by atoms with van der Waals surface area (Å²) in [6.07, 6.45) is 14.2. The van der Waals surface area contributed by atoms with Gasteiger partial charge in [0.1, 0.15) is 0 Å². The highest BCUT2D eigenvalue weighted by atomic mass is 14.5. The summed E-state index contributed by atoms with van der Waals surface area (Å²) in [7, 11) is 0. The van der Waals surface area contributed by atoms with Crippen LogP contribution < -0.4 is 0 Å². The summed E-state index contributed by atoms with van der Waals surface area (Å²) in [5, 5.41) is 0. The predicted octanol–water partition coefficient (Wildman–Crippen LogP) is 3.76. The molecule has 4 fully saturated rings. The zero-order chi connectivity index (χ0) is 8.02. The third kappa shape index (κ3) is 0.963. The highest BCUT2D eigenvalue weighted by molar-refractivity contribution is 4.97. The van der Waals surface area contributed by atoms with Gasteiger partial charge in [0.05, 0.1) is 0 Å². The largest absolute Gasteiger partial charge is 0.0530 e. The zero-order valence-corrected chi connectivity index (χ0v) is 8.02. The first-order valence-electron chi connectivity index (χ1n) is 5.88. The molecule has 0 aromatic rings. The van der Waals surface area contributed by atoms with Crippen LogP contribution in [0.3, 0.4) is 0 Å². The van der Waals surface area contributed by atoms with Crippen molar-refractivity contribution in [1.29, 1.82) is 0 Å². The molecule has 0 heterocycles. The van der Waals surface area contributed by atoms with Crippen molar-refractivity contribution in [3.8, 4) is 0 Å². The van der Waals surface area contributed by atoms with Crippen LogP contribution in [0.15, 0.2) is 0 Å². The summed E-state index contributed by atoms with van der Waals surface area (Å²) >= 11 is 0. The van der Waals surface area contributed by atoms with E-state index in [1.54, 1.807) is 57.8 Å². The van der Waals surface area contributed by atoms with Crippen molar-refractivity contribution in [1.82, 2.24) is 0 Å². The molecule has 0 N–H and O–H groups in total. The van der Waals surface area contributed by atoms with Gasteiger partial charge in [-0.15, -0.1) is 0 Å². The van der Waals surface area contributed by atoms with Gasteiger partial charge in [-0.3, -0.25) is 0 Å². The summed E-state index contributed by atoms with van der Waals surface area (Å²) in [6.45, 7) is 0. The first-order chi connectivity index (χ1) is 5.88. The lowest BCUT2D eigenvalue weighted by molar-refractivity contribution is 0.115. The molecule has 0 saturated heterocycles. The molecule has 68 valence electrons. The van der Waals surface area contributed by atoms with Crippen LogP contribution in [-0.2, 0) is 0 Å². The van der Waals surface area contributed by atoms with Crippen molar-refractivity contribution in [3.63, 3.8) is 0 Å². The molecule has 1 spiro atoms. The molecule has 4 aliphatic carbocycles. The molecule has 3 bridgehead atoms. The van der Waals surface area contributed by atoms with Gasteiger partial charge in [0, 0.05) is 0 Å². The second-order valence-electron chi connectivity index (χ2n) is 5.55. The number of fused-ring (bicyclic) bond motifs is 4. The summed E-state index contributed by atoms with van der Waals surface area (Å²) in [4.78, 5) is 0. The molecular formula is C12H20. The van der Waals surface area contributed by atoms with Crippen LogP contribution in [0, 0.1) is 17.3 Å². The van der Waals surface area contributed by atoms with Gasteiger partial charge in [0.2, 0.25) is 0 Å². The Labute approximate surface area is 75.7 Å². The van der Waals surface area contributed by atoms with Gasteiger partial charge in [-0.1, -0.05) is 19.3 Å². The lowest BCUT2D eigenvalue weighted by atomic mass is 9.66. The minimum absolute atomic E-state index is 0.877. The summed E-state index contributed by atoms with van der Waals surface area (Å²) < 4.78 is 0. The standard InChI is InChI=1S/C12H20/c1-2-6-12-7-4-10(3-1)11(9-12)5-8-12/h10-11H,1-9H2. The van der Waals surface area contributed by atoms with E-state index in [4.69, 9.17) is 0 Å². The fourth-order valence-electron chi connectivity index (χ4n) is 4.25. The minimum Gasteiger partial charge on any atom is -0.0530 e. The molecule has 0 nitrogen and oxygen atoms in total. The van der Waals surface area contributed by atoms with Gasteiger partial charge in [-0.05, 0) is 55.8 Å². The Kier molecular flexibility index (Phi) is 1.54. The SMILES string of the molecule is C1CCC23CCC(C1)C(CC2)C3. The predicted molar refractivity (Wildman–Crippen MR) is 51.0 cm³/mol. The Morgan fingerprint density at radius 3 is 2.50 bits per heavy atom. The van der Waals surface area contributed by atoms with Crippen molar-refractivity contribution >= 4 is 0 Å². The fourth-order valence-corrected chi connectivity index (χ4v) is 4.25. The van der Waals surface area contributed by atoms with Crippen LogP contribution in [0.1, 0.15) is 57.8 Å². The summed E-state index contributed by atoms with van der Waals surface area (Å²) in [5.41, 5.74) is 0.877. The van der Waals surface area contributed by atoms with E-state index < -0.39 is 0 Å². The van der Waals surface area contributed by atoms with Gasteiger partial charge < -0.3 is 0 Å². The molecule has 4 rings (SSSR count).